The molecular formula is C26H47N3O2. The highest BCUT2D eigenvalue weighted by molar-refractivity contribution is 6.00. The minimum absolute atomic E-state index is 0.104. The number of amides is 2. The molecule has 178 valence electrons. The smallest absolute Gasteiger partial charge is 0.228 e. The highest BCUT2D eigenvalue weighted by atomic mass is 16.2. The molecule has 0 fully saturated rings. The minimum Gasteiger partial charge on any atom is -0.354 e. The van der Waals surface area contributed by atoms with Crippen LogP contribution in [0.15, 0.2) is 17.1 Å². The van der Waals surface area contributed by atoms with Crippen molar-refractivity contribution in [3.05, 3.63) is 12.2 Å². The largest absolute Gasteiger partial charge is 0.354 e. The number of hydrogen-bond donors (Lipinski definition) is 1. The summed E-state index contributed by atoms with van der Waals surface area (Å²) in [4.78, 5) is 30.2. The van der Waals surface area contributed by atoms with Crippen LogP contribution >= 0.6 is 0 Å². The maximum absolute atomic E-state index is 12.1. The fourth-order valence-electron chi connectivity index (χ4n) is 3.88. The van der Waals surface area contributed by atoms with Crippen molar-refractivity contribution in [2.45, 2.75) is 110 Å². The van der Waals surface area contributed by atoms with Crippen LogP contribution in [-0.4, -0.2) is 48.6 Å². The standard InChI is InChI=1S/C26H47N3O2/c1-3-4-5-6-7-8-9-10-11-12-13-14-15-16-17-18-25(30)28-20-22-29-21-19-27-24(2)23-26(29)31/h10-11H,3-9,12-23H2,1-2H3,(H,28,30)/b11-10-. The lowest BCUT2D eigenvalue weighted by Gasteiger charge is -2.20. The lowest BCUT2D eigenvalue weighted by atomic mass is 10.1. The molecule has 1 aliphatic rings. The first-order valence-corrected chi connectivity index (χ1v) is 12.8. The van der Waals surface area contributed by atoms with Gasteiger partial charge in [-0.25, -0.2) is 0 Å². The third-order valence-electron chi connectivity index (χ3n) is 5.88. The number of allylic oxidation sites excluding steroid dienone is 2. The Bertz CT molecular complexity index is 543. The number of hydrogen-bond acceptors (Lipinski definition) is 3. The molecule has 0 aliphatic carbocycles. The van der Waals surface area contributed by atoms with Crippen molar-refractivity contribution in [3.63, 3.8) is 0 Å². The molecule has 0 unspecified atom stereocenters. The summed E-state index contributed by atoms with van der Waals surface area (Å²) in [5.41, 5.74) is 0.903. The zero-order chi connectivity index (χ0) is 22.6. The van der Waals surface area contributed by atoms with Gasteiger partial charge in [-0.1, -0.05) is 70.4 Å². The Balaban J connectivity index is 1.87. The molecule has 2 amide bonds. The van der Waals surface area contributed by atoms with Gasteiger partial charge < -0.3 is 10.2 Å². The van der Waals surface area contributed by atoms with Crippen molar-refractivity contribution in [3.8, 4) is 0 Å². The SMILES string of the molecule is CCCCCCCC/C=C\CCCCCCCC(=O)NCCN1CCN=C(C)CC1=O. The van der Waals surface area contributed by atoms with E-state index in [4.69, 9.17) is 0 Å². The number of carbonyl (C=O) groups is 2. The molecule has 1 rings (SSSR count). The third kappa shape index (κ3) is 15.8. The molecule has 0 spiro atoms. The van der Waals surface area contributed by atoms with Crippen LogP contribution < -0.4 is 5.32 Å². The van der Waals surface area contributed by atoms with Gasteiger partial charge in [-0.2, -0.15) is 0 Å². The maximum atomic E-state index is 12.1. The Kier molecular flexibility index (Phi) is 16.8. The maximum Gasteiger partial charge on any atom is 0.228 e. The Morgan fingerprint density at radius 2 is 1.58 bits per heavy atom. The Labute approximate surface area is 191 Å². The molecule has 0 aromatic rings. The molecule has 0 aromatic heterocycles. The highest BCUT2D eigenvalue weighted by Gasteiger charge is 2.16. The normalized spacial score (nSPS) is 14.7. The molecule has 0 saturated carbocycles. The second-order valence-electron chi connectivity index (χ2n) is 8.86. The second-order valence-corrected chi connectivity index (χ2v) is 8.86. The monoisotopic (exact) mass is 433 g/mol. The van der Waals surface area contributed by atoms with E-state index < -0.39 is 0 Å². The summed E-state index contributed by atoms with van der Waals surface area (Å²) >= 11 is 0. The summed E-state index contributed by atoms with van der Waals surface area (Å²) in [5, 5.41) is 2.95. The molecule has 1 heterocycles. The number of carbonyl (C=O) groups excluding carboxylic acids is 2. The van der Waals surface area contributed by atoms with Gasteiger partial charge in [-0.05, 0) is 39.0 Å². The van der Waals surface area contributed by atoms with Crippen molar-refractivity contribution in [1.29, 1.82) is 0 Å². The van der Waals surface area contributed by atoms with E-state index in [1.807, 2.05) is 11.8 Å². The molecule has 0 aromatic carbocycles. The van der Waals surface area contributed by atoms with Crippen molar-refractivity contribution in [2.24, 2.45) is 4.99 Å². The molecule has 1 N–H and O–H groups in total. The van der Waals surface area contributed by atoms with E-state index in [9.17, 15) is 9.59 Å². The summed E-state index contributed by atoms with van der Waals surface area (Å²) in [7, 11) is 0. The van der Waals surface area contributed by atoms with Gasteiger partial charge in [0.25, 0.3) is 0 Å². The van der Waals surface area contributed by atoms with Gasteiger partial charge in [0, 0.05) is 31.8 Å². The fourth-order valence-corrected chi connectivity index (χ4v) is 3.88. The van der Waals surface area contributed by atoms with Crippen LogP contribution in [-0.2, 0) is 9.59 Å². The molecule has 0 saturated heterocycles. The molecule has 5 nitrogen and oxygen atoms in total. The van der Waals surface area contributed by atoms with Crippen LogP contribution in [0.25, 0.3) is 0 Å². The topological polar surface area (TPSA) is 61.8 Å². The lowest BCUT2D eigenvalue weighted by molar-refractivity contribution is -0.130. The zero-order valence-corrected chi connectivity index (χ0v) is 20.3. The Hall–Kier alpha value is -1.65. The summed E-state index contributed by atoms with van der Waals surface area (Å²) in [6.07, 6.45) is 22.1. The zero-order valence-electron chi connectivity index (χ0n) is 20.3. The van der Waals surface area contributed by atoms with Crippen LogP contribution in [0.3, 0.4) is 0 Å². The van der Waals surface area contributed by atoms with Crippen molar-refractivity contribution in [2.75, 3.05) is 26.2 Å². The number of aliphatic imine (C=N–C) groups is 1. The van der Waals surface area contributed by atoms with E-state index in [0.717, 1.165) is 18.6 Å². The van der Waals surface area contributed by atoms with Crippen molar-refractivity contribution < 1.29 is 9.59 Å². The number of nitrogens with zero attached hydrogens (tertiary/aromatic N) is 2. The van der Waals surface area contributed by atoms with Crippen LogP contribution in [0.4, 0.5) is 0 Å². The second kappa shape index (κ2) is 19.1. The fraction of sp³-hybridized carbons (Fsp3) is 0.808. The van der Waals surface area contributed by atoms with Gasteiger partial charge in [-0.15, -0.1) is 0 Å². The molecule has 0 radical (unpaired) electrons. The minimum atomic E-state index is 0.104. The summed E-state index contributed by atoms with van der Waals surface area (Å²) in [6, 6.07) is 0. The van der Waals surface area contributed by atoms with E-state index >= 15 is 0 Å². The molecule has 0 atom stereocenters. The molecule has 31 heavy (non-hydrogen) atoms. The van der Waals surface area contributed by atoms with E-state index in [0.29, 0.717) is 39.0 Å². The first-order valence-electron chi connectivity index (χ1n) is 12.8. The van der Waals surface area contributed by atoms with Gasteiger partial charge in [-0.3, -0.25) is 14.6 Å². The highest BCUT2D eigenvalue weighted by Crippen LogP contribution is 2.10. The number of nitrogens with one attached hydrogen (secondary N) is 1. The van der Waals surface area contributed by atoms with Gasteiger partial charge >= 0.3 is 0 Å². The molecule has 1 aliphatic heterocycles. The Morgan fingerprint density at radius 1 is 0.968 bits per heavy atom. The van der Waals surface area contributed by atoms with Gasteiger partial charge in [0.1, 0.15) is 0 Å². The predicted molar refractivity (Wildman–Crippen MR) is 132 cm³/mol. The summed E-state index contributed by atoms with van der Waals surface area (Å²) in [5.74, 6) is 0.220. The first kappa shape index (κ1) is 27.4. The van der Waals surface area contributed by atoms with Crippen LogP contribution in [0.1, 0.15) is 110 Å². The van der Waals surface area contributed by atoms with E-state index in [1.165, 1.54) is 70.6 Å². The quantitative estimate of drug-likeness (QED) is 0.218. The van der Waals surface area contributed by atoms with E-state index in [2.05, 4.69) is 29.4 Å². The Morgan fingerprint density at radius 3 is 2.26 bits per heavy atom. The van der Waals surface area contributed by atoms with Gasteiger partial charge in [0.15, 0.2) is 0 Å². The van der Waals surface area contributed by atoms with Gasteiger partial charge in [0.05, 0.1) is 13.0 Å². The summed E-state index contributed by atoms with van der Waals surface area (Å²) in [6.45, 7) is 6.60. The molecular weight excluding hydrogens is 386 g/mol. The lowest BCUT2D eigenvalue weighted by Crippen LogP contribution is -2.39. The van der Waals surface area contributed by atoms with Crippen molar-refractivity contribution >= 4 is 17.5 Å². The third-order valence-corrected chi connectivity index (χ3v) is 5.88. The average molecular weight is 434 g/mol. The number of unbranched alkanes of at least 4 members (excludes halogenated alkanes) is 11. The predicted octanol–water partition coefficient (Wildman–Crippen LogP) is 5.83. The first-order chi connectivity index (χ1) is 15.1. The average Bonchev–Trinajstić information content (AvgIpc) is 2.90. The summed E-state index contributed by atoms with van der Waals surface area (Å²) < 4.78 is 0. The van der Waals surface area contributed by atoms with Gasteiger partial charge in [0.2, 0.25) is 11.8 Å². The van der Waals surface area contributed by atoms with Crippen LogP contribution in [0, 0.1) is 0 Å². The molecule has 0 bridgehead atoms. The van der Waals surface area contributed by atoms with Crippen LogP contribution in [0.2, 0.25) is 0 Å². The van der Waals surface area contributed by atoms with E-state index in [-0.39, 0.29) is 11.8 Å². The number of rotatable bonds is 18. The van der Waals surface area contributed by atoms with Crippen molar-refractivity contribution in [1.82, 2.24) is 10.2 Å². The molecule has 5 heteroatoms. The van der Waals surface area contributed by atoms with E-state index in [1.54, 1.807) is 0 Å². The van der Waals surface area contributed by atoms with Crippen LogP contribution in [0.5, 0.6) is 0 Å².